The molecule has 4 N–H and O–H groups in total. The van der Waals surface area contributed by atoms with Crippen LogP contribution in [-0.4, -0.2) is 49.3 Å². The van der Waals surface area contributed by atoms with Gasteiger partial charge in [0.1, 0.15) is 0 Å². The van der Waals surface area contributed by atoms with E-state index in [0.717, 1.165) is 18.5 Å². The van der Waals surface area contributed by atoms with Gasteiger partial charge in [-0.05, 0) is 25.8 Å². The molecule has 0 aliphatic rings. The number of aliphatic hydroxyl groups is 1. The van der Waals surface area contributed by atoms with Gasteiger partial charge in [0.2, 0.25) is 5.91 Å². The number of halogens is 1. The molecule has 0 radical (unpaired) electrons. The number of hydrogen-bond acceptors (Lipinski definition) is 3. The predicted molar refractivity (Wildman–Crippen MR) is 118 cm³/mol. The number of aliphatic imine (C=N–C) groups is 1. The number of rotatable bonds is 10. The van der Waals surface area contributed by atoms with Gasteiger partial charge in [-0.3, -0.25) is 9.79 Å². The van der Waals surface area contributed by atoms with E-state index in [4.69, 9.17) is 0 Å². The molecule has 1 amide bonds. The third kappa shape index (κ3) is 9.96. The van der Waals surface area contributed by atoms with E-state index >= 15 is 0 Å². The molecular formula is C19H33IN4O2. The van der Waals surface area contributed by atoms with Crippen molar-refractivity contribution in [1.82, 2.24) is 16.0 Å². The summed E-state index contributed by atoms with van der Waals surface area (Å²) in [7, 11) is 0. The summed E-state index contributed by atoms with van der Waals surface area (Å²) < 4.78 is 0. The molecule has 148 valence electrons. The molecule has 0 heterocycles. The molecule has 0 spiro atoms. The number of nitrogens with one attached hydrogen (secondary N) is 3. The van der Waals surface area contributed by atoms with Crippen molar-refractivity contribution < 1.29 is 9.90 Å². The maximum absolute atomic E-state index is 11.8. The average Bonchev–Trinajstić information content (AvgIpc) is 2.62. The molecule has 0 fully saturated rings. The monoisotopic (exact) mass is 476 g/mol. The molecule has 6 nitrogen and oxygen atoms in total. The highest BCUT2D eigenvalue weighted by molar-refractivity contribution is 14.0. The van der Waals surface area contributed by atoms with E-state index in [0.29, 0.717) is 25.5 Å². The van der Waals surface area contributed by atoms with Crippen LogP contribution in [0.25, 0.3) is 0 Å². The zero-order valence-corrected chi connectivity index (χ0v) is 18.3. The first kappa shape index (κ1) is 24.7. The summed E-state index contributed by atoms with van der Waals surface area (Å²) >= 11 is 0. The molecule has 1 aromatic carbocycles. The van der Waals surface area contributed by atoms with Crippen molar-refractivity contribution in [2.24, 2.45) is 4.99 Å². The number of amides is 1. The lowest BCUT2D eigenvalue weighted by atomic mass is 10.0. The highest BCUT2D eigenvalue weighted by atomic mass is 127. The Morgan fingerprint density at radius 3 is 2.46 bits per heavy atom. The fourth-order valence-electron chi connectivity index (χ4n) is 2.28. The molecule has 26 heavy (non-hydrogen) atoms. The lowest BCUT2D eigenvalue weighted by Gasteiger charge is -2.16. The number of nitrogens with zero attached hydrogens (tertiary/aromatic N) is 1. The Morgan fingerprint density at radius 2 is 1.88 bits per heavy atom. The van der Waals surface area contributed by atoms with Crippen molar-refractivity contribution >= 4 is 35.8 Å². The molecule has 2 unspecified atom stereocenters. The molecule has 1 rings (SSSR count). The van der Waals surface area contributed by atoms with Crippen molar-refractivity contribution in [3.05, 3.63) is 35.9 Å². The highest BCUT2D eigenvalue weighted by Crippen LogP contribution is 2.14. The van der Waals surface area contributed by atoms with Crippen LogP contribution in [-0.2, 0) is 4.79 Å². The van der Waals surface area contributed by atoms with Crippen LogP contribution in [0, 0.1) is 0 Å². The zero-order chi connectivity index (χ0) is 18.5. The number of hydrogen-bond donors (Lipinski definition) is 4. The summed E-state index contributed by atoms with van der Waals surface area (Å²) in [5, 5.41) is 18.9. The minimum absolute atomic E-state index is 0. The van der Waals surface area contributed by atoms with Gasteiger partial charge in [-0.2, -0.15) is 0 Å². The van der Waals surface area contributed by atoms with Gasteiger partial charge in [0.25, 0.3) is 0 Å². The van der Waals surface area contributed by atoms with Gasteiger partial charge in [0.15, 0.2) is 5.96 Å². The predicted octanol–water partition coefficient (Wildman–Crippen LogP) is 2.24. The van der Waals surface area contributed by atoms with Crippen molar-refractivity contribution in [2.75, 3.05) is 26.2 Å². The Balaban J connectivity index is 0.00000625. The fourth-order valence-corrected chi connectivity index (χ4v) is 2.28. The van der Waals surface area contributed by atoms with E-state index in [1.807, 2.05) is 51.1 Å². The van der Waals surface area contributed by atoms with Crippen molar-refractivity contribution in [3.63, 3.8) is 0 Å². The smallest absolute Gasteiger partial charge is 0.221 e. The minimum atomic E-state index is -0.0367. The van der Waals surface area contributed by atoms with Crippen molar-refractivity contribution in [3.8, 4) is 0 Å². The Hall–Kier alpha value is -1.35. The first-order valence-corrected chi connectivity index (χ1v) is 9.08. The third-order valence-corrected chi connectivity index (χ3v) is 3.97. The lowest BCUT2D eigenvalue weighted by Crippen LogP contribution is -2.40. The van der Waals surface area contributed by atoms with Gasteiger partial charge >= 0.3 is 0 Å². The molecule has 7 heteroatoms. The van der Waals surface area contributed by atoms with Crippen molar-refractivity contribution in [2.45, 2.75) is 45.6 Å². The van der Waals surface area contributed by atoms with Gasteiger partial charge in [-0.1, -0.05) is 37.3 Å². The summed E-state index contributed by atoms with van der Waals surface area (Å²) in [4.78, 5) is 16.3. The number of carbonyl (C=O) groups is 1. The summed E-state index contributed by atoms with van der Waals surface area (Å²) in [6, 6.07) is 10.1. The van der Waals surface area contributed by atoms with Crippen LogP contribution in [0.5, 0.6) is 0 Å². The molecule has 2 atom stereocenters. The number of aliphatic hydroxyl groups excluding tert-OH is 1. The van der Waals surface area contributed by atoms with Crippen molar-refractivity contribution in [1.29, 1.82) is 0 Å². The van der Waals surface area contributed by atoms with E-state index in [1.165, 1.54) is 0 Å². The Bertz CT molecular complexity index is 526. The second-order valence-electron chi connectivity index (χ2n) is 6.06. The van der Waals surface area contributed by atoms with Crippen LogP contribution in [0.1, 0.15) is 45.1 Å². The van der Waals surface area contributed by atoms with Crippen LogP contribution in [0.15, 0.2) is 35.3 Å². The van der Waals surface area contributed by atoms with Gasteiger partial charge in [0, 0.05) is 31.5 Å². The topological polar surface area (TPSA) is 85.8 Å². The Kier molecular flexibility index (Phi) is 14.0. The molecule has 0 aliphatic carbocycles. The molecule has 0 aliphatic heterocycles. The quantitative estimate of drug-likeness (QED) is 0.237. The molecule has 0 bridgehead atoms. The van der Waals surface area contributed by atoms with Crippen LogP contribution >= 0.6 is 24.0 Å². The maximum Gasteiger partial charge on any atom is 0.221 e. The molecule has 1 aromatic rings. The normalized spacial score (nSPS) is 13.3. The summed E-state index contributed by atoms with van der Waals surface area (Å²) in [6.45, 7) is 7.81. The lowest BCUT2D eigenvalue weighted by molar-refractivity contribution is -0.121. The largest absolute Gasteiger partial charge is 0.396 e. The standard InChI is InChI=1S/C19H32N4O2.HI/c1-4-15(3)23-18(25)11-12-21-19(20-5-2)22-13-17(14-24)16-9-7-6-8-10-16;/h6-10,15,17,24H,4-5,11-14H2,1-3H3,(H,23,25)(H2,20,21,22);1H. The van der Waals surface area contributed by atoms with Crippen LogP contribution in [0.2, 0.25) is 0 Å². The molecule has 0 aromatic heterocycles. The van der Waals surface area contributed by atoms with E-state index in [1.54, 1.807) is 0 Å². The van der Waals surface area contributed by atoms with Gasteiger partial charge in [-0.25, -0.2) is 0 Å². The first-order chi connectivity index (χ1) is 12.1. The van der Waals surface area contributed by atoms with E-state index in [2.05, 4.69) is 20.9 Å². The van der Waals surface area contributed by atoms with Gasteiger partial charge in [-0.15, -0.1) is 24.0 Å². The first-order valence-electron chi connectivity index (χ1n) is 9.08. The van der Waals surface area contributed by atoms with Crippen LogP contribution < -0.4 is 16.0 Å². The summed E-state index contributed by atoms with van der Waals surface area (Å²) in [5.41, 5.74) is 1.07. The third-order valence-electron chi connectivity index (χ3n) is 3.97. The van der Waals surface area contributed by atoms with Crippen LogP contribution in [0.4, 0.5) is 0 Å². The number of guanidine groups is 1. The molecule has 0 saturated heterocycles. The fraction of sp³-hybridized carbons (Fsp3) is 0.579. The van der Waals surface area contributed by atoms with Gasteiger partial charge in [0.05, 0.1) is 13.2 Å². The minimum Gasteiger partial charge on any atom is -0.396 e. The second kappa shape index (κ2) is 14.8. The van der Waals surface area contributed by atoms with Gasteiger partial charge < -0.3 is 21.1 Å². The Labute approximate surface area is 174 Å². The molecular weight excluding hydrogens is 443 g/mol. The second-order valence-corrected chi connectivity index (χ2v) is 6.06. The van der Waals surface area contributed by atoms with E-state index in [-0.39, 0.29) is 48.5 Å². The maximum atomic E-state index is 11.8. The van der Waals surface area contributed by atoms with E-state index in [9.17, 15) is 9.90 Å². The average molecular weight is 476 g/mol. The molecule has 0 saturated carbocycles. The number of carbonyl (C=O) groups excluding carboxylic acids is 1. The summed E-state index contributed by atoms with van der Waals surface area (Å²) in [5.74, 6) is 0.661. The summed E-state index contributed by atoms with van der Waals surface area (Å²) in [6.07, 6.45) is 1.32. The highest BCUT2D eigenvalue weighted by Gasteiger charge is 2.10. The SMILES string of the molecule is CCNC(=NCC(CO)c1ccccc1)NCCC(=O)NC(C)CC.I. The van der Waals surface area contributed by atoms with Crippen LogP contribution in [0.3, 0.4) is 0 Å². The number of benzene rings is 1. The Morgan fingerprint density at radius 1 is 1.19 bits per heavy atom. The zero-order valence-electron chi connectivity index (χ0n) is 16.0. The van der Waals surface area contributed by atoms with E-state index < -0.39 is 0 Å².